The second kappa shape index (κ2) is 4.28. The number of aliphatic hydroxyl groups is 1. The zero-order chi connectivity index (χ0) is 4.83. The average molecular weight is 84.1 g/mol. The van der Waals surface area contributed by atoms with Gasteiger partial charge in [0.25, 0.3) is 0 Å². The Bertz CT molecular complexity index is 52.3. The Balaban J connectivity index is 3.07. The monoisotopic (exact) mass is 84.1 g/mol. The van der Waals surface area contributed by atoms with Crippen molar-refractivity contribution in [3.8, 4) is 0 Å². The van der Waals surface area contributed by atoms with Gasteiger partial charge < -0.3 is 5.11 Å². The van der Waals surface area contributed by atoms with Crippen molar-refractivity contribution in [2.45, 2.75) is 6.92 Å². The van der Waals surface area contributed by atoms with E-state index >= 15 is 0 Å². The van der Waals surface area contributed by atoms with Gasteiger partial charge in [0, 0.05) is 0 Å². The molecule has 0 rings (SSSR count). The first-order valence-corrected chi connectivity index (χ1v) is 1.84. The highest BCUT2D eigenvalue weighted by atomic mass is 16.2. The Morgan fingerprint density at radius 1 is 1.33 bits per heavy atom. The third-order valence-corrected chi connectivity index (χ3v) is 0.390. The zero-order valence-electron chi connectivity index (χ0n) is 3.76. The van der Waals surface area contributed by atoms with Crippen molar-refractivity contribution in [2.24, 2.45) is 0 Å². The summed E-state index contributed by atoms with van der Waals surface area (Å²) >= 11 is 0. The lowest BCUT2D eigenvalue weighted by molar-refractivity contribution is 0.473. The van der Waals surface area contributed by atoms with E-state index in [-0.39, 0.29) is 0 Å². The van der Waals surface area contributed by atoms with Gasteiger partial charge in [-0.1, -0.05) is 12.2 Å². The Labute approximate surface area is 37.6 Å². The van der Waals surface area contributed by atoms with E-state index in [2.05, 4.69) is 0 Å². The average Bonchev–Trinajstić information content (AvgIpc) is 1.61. The van der Waals surface area contributed by atoms with Crippen molar-refractivity contribution < 1.29 is 5.11 Å². The Morgan fingerprint density at radius 2 is 2.00 bits per heavy atom. The fraction of sp³-hybridized carbons (Fsp3) is 0.200. The molecular formula is C5H8O. The van der Waals surface area contributed by atoms with E-state index in [4.69, 9.17) is 5.11 Å². The molecule has 0 fully saturated rings. The molecule has 34 valence electrons. The molecule has 0 heterocycles. The molecule has 0 aromatic heterocycles. The first kappa shape index (κ1) is 5.28. The Kier molecular flexibility index (Phi) is 3.77. The smallest absolute Gasteiger partial charge is 0.0791 e. The predicted octanol–water partition coefficient (Wildman–Crippen LogP) is 1.63. The van der Waals surface area contributed by atoms with E-state index in [1.165, 1.54) is 0 Å². The molecular weight excluding hydrogens is 76.1 g/mol. The molecule has 0 bridgehead atoms. The molecule has 1 N–H and O–H groups in total. The second-order valence-corrected chi connectivity index (χ2v) is 0.867. The maximum absolute atomic E-state index is 7.97. The predicted molar refractivity (Wildman–Crippen MR) is 26.6 cm³/mol. The van der Waals surface area contributed by atoms with Crippen molar-refractivity contribution >= 4 is 0 Å². The maximum Gasteiger partial charge on any atom is 0.0791 e. The molecule has 0 aromatic carbocycles. The number of rotatable bonds is 1. The lowest BCUT2D eigenvalue weighted by Gasteiger charge is -1.63. The van der Waals surface area contributed by atoms with Crippen molar-refractivity contribution in [1.82, 2.24) is 0 Å². The number of hydrogen-bond acceptors (Lipinski definition) is 1. The quantitative estimate of drug-likeness (QED) is 0.378. The van der Waals surface area contributed by atoms with Crippen LogP contribution in [0.15, 0.2) is 24.5 Å². The van der Waals surface area contributed by atoms with Gasteiger partial charge in [-0.05, 0) is 13.0 Å². The summed E-state index contributed by atoms with van der Waals surface area (Å²) in [6, 6.07) is 0. The van der Waals surface area contributed by atoms with Gasteiger partial charge in [-0.3, -0.25) is 0 Å². The van der Waals surface area contributed by atoms with Crippen LogP contribution in [0.4, 0.5) is 0 Å². The molecule has 0 aromatic rings. The minimum absolute atomic E-state index is 1.00. The first-order chi connectivity index (χ1) is 2.91. The van der Waals surface area contributed by atoms with Gasteiger partial charge in [0.05, 0.1) is 6.26 Å². The number of aliphatic hydroxyl groups excluding tert-OH is 1. The summed E-state index contributed by atoms with van der Waals surface area (Å²) in [6.07, 6.45) is 6.15. The minimum Gasteiger partial charge on any atom is -0.516 e. The molecule has 0 aliphatic rings. The maximum atomic E-state index is 7.97. The van der Waals surface area contributed by atoms with E-state index in [9.17, 15) is 0 Å². The van der Waals surface area contributed by atoms with E-state index in [0.717, 1.165) is 6.26 Å². The summed E-state index contributed by atoms with van der Waals surface area (Å²) in [6.45, 7) is 1.89. The van der Waals surface area contributed by atoms with Crippen LogP contribution in [0.25, 0.3) is 0 Å². The van der Waals surface area contributed by atoms with Crippen LogP contribution < -0.4 is 0 Å². The lowest BCUT2D eigenvalue weighted by Crippen LogP contribution is -1.44. The molecule has 0 radical (unpaired) electrons. The van der Waals surface area contributed by atoms with Gasteiger partial charge in [-0.15, -0.1) is 0 Å². The standard InChI is InChI=1S/C5H8O/c1-2-3-4-5-6/h2-6H,1H3/b3-2-,5-4+. The lowest BCUT2D eigenvalue weighted by atomic mass is 10.5. The number of hydrogen-bond donors (Lipinski definition) is 1. The van der Waals surface area contributed by atoms with Crippen LogP contribution in [-0.2, 0) is 0 Å². The van der Waals surface area contributed by atoms with Crippen molar-refractivity contribution in [2.75, 3.05) is 0 Å². The molecule has 0 amide bonds. The van der Waals surface area contributed by atoms with Gasteiger partial charge in [0.2, 0.25) is 0 Å². The van der Waals surface area contributed by atoms with Gasteiger partial charge in [-0.25, -0.2) is 0 Å². The molecule has 0 spiro atoms. The molecule has 0 aliphatic carbocycles. The van der Waals surface area contributed by atoms with Gasteiger partial charge in [0.15, 0.2) is 0 Å². The molecule has 0 unspecified atom stereocenters. The molecule has 0 aliphatic heterocycles. The molecule has 0 saturated carbocycles. The first-order valence-electron chi connectivity index (χ1n) is 1.84. The highest BCUT2D eigenvalue weighted by molar-refractivity contribution is 4.96. The van der Waals surface area contributed by atoms with Gasteiger partial charge in [-0.2, -0.15) is 0 Å². The largest absolute Gasteiger partial charge is 0.516 e. The van der Waals surface area contributed by atoms with Gasteiger partial charge in [0.1, 0.15) is 0 Å². The van der Waals surface area contributed by atoms with E-state index in [0.29, 0.717) is 0 Å². The molecule has 1 heteroatoms. The van der Waals surface area contributed by atoms with Crippen LogP contribution in [0.2, 0.25) is 0 Å². The molecule has 6 heavy (non-hydrogen) atoms. The summed E-state index contributed by atoms with van der Waals surface area (Å²) in [7, 11) is 0. The third-order valence-electron chi connectivity index (χ3n) is 0.390. The number of allylic oxidation sites excluding steroid dienone is 3. The van der Waals surface area contributed by atoms with Crippen LogP contribution in [-0.4, -0.2) is 5.11 Å². The zero-order valence-corrected chi connectivity index (χ0v) is 3.76. The Hall–Kier alpha value is -0.720. The highest BCUT2D eigenvalue weighted by Crippen LogP contribution is 1.69. The Morgan fingerprint density at radius 3 is 2.17 bits per heavy atom. The van der Waals surface area contributed by atoms with E-state index < -0.39 is 0 Å². The summed E-state index contributed by atoms with van der Waals surface area (Å²) in [5.41, 5.74) is 0. The van der Waals surface area contributed by atoms with Crippen LogP contribution in [0, 0.1) is 0 Å². The fourth-order valence-electron chi connectivity index (χ4n) is 0.161. The topological polar surface area (TPSA) is 20.2 Å². The summed E-state index contributed by atoms with van der Waals surface area (Å²) in [4.78, 5) is 0. The van der Waals surface area contributed by atoms with E-state index in [1.54, 1.807) is 12.2 Å². The molecule has 1 nitrogen and oxygen atoms in total. The van der Waals surface area contributed by atoms with Crippen molar-refractivity contribution in [3.05, 3.63) is 24.5 Å². The van der Waals surface area contributed by atoms with Crippen LogP contribution in [0.5, 0.6) is 0 Å². The highest BCUT2D eigenvalue weighted by Gasteiger charge is 1.50. The van der Waals surface area contributed by atoms with Crippen LogP contribution in [0.3, 0.4) is 0 Å². The minimum atomic E-state index is 1.00. The van der Waals surface area contributed by atoms with Gasteiger partial charge >= 0.3 is 0 Å². The summed E-state index contributed by atoms with van der Waals surface area (Å²) in [5.74, 6) is 0. The molecule has 0 saturated heterocycles. The SMILES string of the molecule is C/C=C\C=C\O. The summed E-state index contributed by atoms with van der Waals surface area (Å²) < 4.78 is 0. The van der Waals surface area contributed by atoms with Crippen LogP contribution >= 0.6 is 0 Å². The van der Waals surface area contributed by atoms with E-state index in [1.807, 2.05) is 13.0 Å². The van der Waals surface area contributed by atoms with Crippen molar-refractivity contribution in [3.63, 3.8) is 0 Å². The third kappa shape index (κ3) is 3.28. The fourth-order valence-corrected chi connectivity index (χ4v) is 0.161. The van der Waals surface area contributed by atoms with Crippen molar-refractivity contribution in [1.29, 1.82) is 0 Å². The second-order valence-electron chi connectivity index (χ2n) is 0.867. The molecule has 0 atom stereocenters. The van der Waals surface area contributed by atoms with Crippen LogP contribution in [0.1, 0.15) is 6.92 Å². The normalized spacial score (nSPS) is 11.5. The summed E-state index contributed by atoms with van der Waals surface area (Å²) in [5, 5.41) is 7.97.